The molecule has 0 spiro atoms. The summed E-state index contributed by atoms with van der Waals surface area (Å²) >= 11 is 0. The molecular weight excluding hydrogens is 500 g/mol. The van der Waals surface area contributed by atoms with Gasteiger partial charge in [0.05, 0.1) is 5.69 Å². The number of imide groups is 1. The maximum absolute atomic E-state index is 14.2. The van der Waals surface area contributed by atoms with Gasteiger partial charge in [-0.25, -0.2) is 9.69 Å². The number of hydrogen-bond donors (Lipinski definition) is 2. The molecule has 0 saturated carbocycles. The number of nitrogens with zero attached hydrogens (tertiary/aromatic N) is 2. The summed E-state index contributed by atoms with van der Waals surface area (Å²) in [6.07, 6.45) is 0.649. The molecule has 4 amide bonds. The molecule has 7 nitrogen and oxygen atoms in total. The minimum absolute atomic E-state index is 0.0677. The van der Waals surface area contributed by atoms with E-state index in [1.54, 1.807) is 11.8 Å². The first-order valence-corrected chi connectivity index (χ1v) is 13.9. The molecule has 0 bridgehead atoms. The lowest BCUT2D eigenvalue weighted by molar-refractivity contribution is -0.140. The first-order chi connectivity index (χ1) is 19.3. The SMILES string of the molecule is CC(C)[C@@H](C(=O)NCC(c1ccccc1)c1ccccc1)N1C(=O)N2CCc3c([nH]c4ccccc34)[C@@]2(C)C1=O. The van der Waals surface area contributed by atoms with Crippen LogP contribution in [-0.4, -0.2) is 51.8 Å². The molecule has 4 aromatic rings. The Kier molecular flexibility index (Phi) is 6.45. The van der Waals surface area contributed by atoms with Crippen LogP contribution in [0.3, 0.4) is 0 Å². The Hall–Kier alpha value is -4.39. The lowest BCUT2D eigenvalue weighted by atomic mass is 9.86. The lowest BCUT2D eigenvalue weighted by Gasteiger charge is -2.36. The normalized spacial score (nSPS) is 19.3. The van der Waals surface area contributed by atoms with Crippen molar-refractivity contribution < 1.29 is 14.4 Å². The summed E-state index contributed by atoms with van der Waals surface area (Å²) < 4.78 is 0. The molecular formula is C33H34N4O3. The van der Waals surface area contributed by atoms with E-state index >= 15 is 0 Å². The molecule has 1 saturated heterocycles. The Morgan fingerprint density at radius 3 is 2.15 bits per heavy atom. The number of carbonyl (C=O) groups is 3. The summed E-state index contributed by atoms with van der Waals surface area (Å²) in [6, 6.07) is 26.7. The number of aromatic amines is 1. The first kappa shape index (κ1) is 25.9. The topological polar surface area (TPSA) is 85.5 Å². The average molecular weight is 535 g/mol. The van der Waals surface area contributed by atoms with E-state index in [0.29, 0.717) is 19.5 Å². The maximum atomic E-state index is 14.2. The zero-order chi connectivity index (χ0) is 28.0. The second kappa shape index (κ2) is 9.97. The van der Waals surface area contributed by atoms with Crippen LogP contribution in [0.4, 0.5) is 4.79 Å². The maximum Gasteiger partial charge on any atom is 0.328 e. The molecule has 0 aliphatic carbocycles. The van der Waals surface area contributed by atoms with Gasteiger partial charge in [0.25, 0.3) is 5.91 Å². The second-order valence-corrected chi connectivity index (χ2v) is 11.3. The second-order valence-electron chi connectivity index (χ2n) is 11.3. The van der Waals surface area contributed by atoms with E-state index in [1.165, 1.54) is 4.90 Å². The highest BCUT2D eigenvalue weighted by Gasteiger charge is 2.61. The first-order valence-electron chi connectivity index (χ1n) is 13.9. The number of fused-ring (bicyclic) bond motifs is 5. The van der Waals surface area contributed by atoms with E-state index in [2.05, 4.69) is 10.3 Å². The van der Waals surface area contributed by atoms with Crippen LogP contribution in [0.15, 0.2) is 84.9 Å². The highest BCUT2D eigenvalue weighted by Crippen LogP contribution is 2.45. The standard InChI is InChI=1S/C33H34N4O3/c1-21(2)28(30(38)34-20-26(22-12-6-4-7-13-22)23-14-8-5-9-15-23)37-31(39)33(3)29-25(18-19-36(33)32(37)40)24-16-10-11-17-27(24)35-29/h4-17,21,26,28,35H,18-20H2,1-3H3,(H,34,38)/t28-,33-/m0/s1. The van der Waals surface area contributed by atoms with Crippen LogP contribution in [-0.2, 0) is 21.5 Å². The molecule has 0 unspecified atom stereocenters. The van der Waals surface area contributed by atoms with E-state index in [1.807, 2.05) is 98.8 Å². The van der Waals surface area contributed by atoms with E-state index in [4.69, 9.17) is 0 Å². The number of carbonyl (C=O) groups excluding carboxylic acids is 3. The van der Waals surface area contributed by atoms with Crippen molar-refractivity contribution in [2.75, 3.05) is 13.1 Å². The molecule has 204 valence electrons. The van der Waals surface area contributed by atoms with Gasteiger partial charge in [-0.15, -0.1) is 0 Å². The minimum Gasteiger partial charge on any atom is -0.356 e. The van der Waals surface area contributed by atoms with Gasteiger partial charge in [0.15, 0.2) is 5.54 Å². The number of urea groups is 1. The van der Waals surface area contributed by atoms with Crippen molar-refractivity contribution in [1.82, 2.24) is 20.1 Å². The van der Waals surface area contributed by atoms with E-state index in [9.17, 15) is 14.4 Å². The van der Waals surface area contributed by atoms with Crippen LogP contribution < -0.4 is 5.32 Å². The van der Waals surface area contributed by atoms with Crippen molar-refractivity contribution in [2.24, 2.45) is 5.92 Å². The number of para-hydroxylation sites is 1. The molecule has 2 aliphatic heterocycles. The third-order valence-electron chi connectivity index (χ3n) is 8.56. The largest absolute Gasteiger partial charge is 0.356 e. The van der Waals surface area contributed by atoms with Crippen molar-refractivity contribution >= 4 is 28.7 Å². The fraction of sp³-hybridized carbons (Fsp3) is 0.303. The molecule has 2 aliphatic rings. The zero-order valence-electron chi connectivity index (χ0n) is 23.1. The molecule has 0 radical (unpaired) electrons. The van der Waals surface area contributed by atoms with Gasteiger partial charge < -0.3 is 15.2 Å². The van der Waals surface area contributed by atoms with Gasteiger partial charge >= 0.3 is 6.03 Å². The molecule has 2 N–H and O–H groups in total. The van der Waals surface area contributed by atoms with Crippen LogP contribution in [0.5, 0.6) is 0 Å². The third kappa shape index (κ3) is 3.99. The number of rotatable bonds is 7. The Bertz CT molecular complexity index is 1540. The molecule has 3 aromatic carbocycles. The van der Waals surface area contributed by atoms with Crippen LogP contribution in [0.2, 0.25) is 0 Å². The number of aromatic nitrogens is 1. The van der Waals surface area contributed by atoms with Gasteiger partial charge in [-0.2, -0.15) is 0 Å². The minimum atomic E-state index is -1.19. The van der Waals surface area contributed by atoms with Crippen LogP contribution in [0, 0.1) is 5.92 Å². The summed E-state index contributed by atoms with van der Waals surface area (Å²) in [4.78, 5) is 48.2. The molecule has 2 atom stereocenters. The molecule has 40 heavy (non-hydrogen) atoms. The van der Waals surface area contributed by atoms with Gasteiger partial charge in [0, 0.05) is 29.9 Å². The third-order valence-corrected chi connectivity index (χ3v) is 8.56. The highest BCUT2D eigenvalue weighted by molar-refractivity contribution is 6.11. The van der Waals surface area contributed by atoms with Crippen LogP contribution >= 0.6 is 0 Å². The van der Waals surface area contributed by atoms with Crippen molar-refractivity contribution in [1.29, 1.82) is 0 Å². The summed E-state index contributed by atoms with van der Waals surface area (Å²) in [5, 5.41) is 4.17. The van der Waals surface area contributed by atoms with Crippen molar-refractivity contribution in [2.45, 2.75) is 44.7 Å². The Morgan fingerprint density at radius 1 is 0.925 bits per heavy atom. The number of benzene rings is 3. The van der Waals surface area contributed by atoms with Gasteiger partial charge in [-0.1, -0.05) is 92.7 Å². The van der Waals surface area contributed by atoms with E-state index in [-0.39, 0.29) is 23.7 Å². The summed E-state index contributed by atoms with van der Waals surface area (Å²) in [6.45, 7) is 6.33. The predicted molar refractivity (Wildman–Crippen MR) is 155 cm³/mol. The lowest BCUT2D eigenvalue weighted by Crippen LogP contribution is -2.53. The highest BCUT2D eigenvalue weighted by atomic mass is 16.2. The smallest absolute Gasteiger partial charge is 0.328 e. The average Bonchev–Trinajstić information content (AvgIpc) is 3.44. The van der Waals surface area contributed by atoms with Gasteiger partial charge in [-0.05, 0) is 42.0 Å². The van der Waals surface area contributed by atoms with E-state index in [0.717, 1.165) is 33.3 Å². The van der Waals surface area contributed by atoms with Gasteiger partial charge in [-0.3, -0.25) is 9.59 Å². The molecule has 1 aromatic heterocycles. The summed E-state index contributed by atoms with van der Waals surface area (Å²) in [7, 11) is 0. The zero-order valence-corrected chi connectivity index (χ0v) is 23.1. The van der Waals surface area contributed by atoms with Crippen LogP contribution in [0.25, 0.3) is 10.9 Å². The number of amides is 4. The van der Waals surface area contributed by atoms with Gasteiger partial charge in [0.2, 0.25) is 5.91 Å². The number of hydrogen-bond acceptors (Lipinski definition) is 3. The van der Waals surface area contributed by atoms with Gasteiger partial charge in [0.1, 0.15) is 6.04 Å². The quantitative estimate of drug-likeness (QED) is 0.321. The molecule has 1 fully saturated rings. The van der Waals surface area contributed by atoms with Crippen molar-refractivity contribution in [3.8, 4) is 0 Å². The van der Waals surface area contributed by atoms with Crippen molar-refractivity contribution in [3.05, 3.63) is 107 Å². The fourth-order valence-electron chi connectivity index (χ4n) is 6.49. The number of nitrogens with one attached hydrogen (secondary N) is 2. The monoisotopic (exact) mass is 534 g/mol. The van der Waals surface area contributed by atoms with Crippen LogP contribution in [0.1, 0.15) is 49.1 Å². The number of H-pyrrole nitrogens is 1. The Morgan fingerprint density at radius 2 is 1.52 bits per heavy atom. The molecule has 6 rings (SSSR count). The van der Waals surface area contributed by atoms with Crippen molar-refractivity contribution in [3.63, 3.8) is 0 Å². The summed E-state index contributed by atoms with van der Waals surface area (Å²) in [5.41, 5.74) is 3.74. The van der Waals surface area contributed by atoms with E-state index < -0.39 is 17.6 Å². The molecule has 3 heterocycles. The fourth-order valence-corrected chi connectivity index (χ4v) is 6.49. The summed E-state index contributed by atoms with van der Waals surface area (Å²) in [5.74, 6) is -1.02. The predicted octanol–water partition coefficient (Wildman–Crippen LogP) is 5.18. The Balaban J connectivity index is 1.30. The Labute approximate surface area is 234 Å². The molecule has 7 heteroatoms.